The molecule has 0 spiro atoms. The zero-order chi connectivity index (χ0) is 20.5. The van der Waals surface area contributed by atoms with E-state index in [-0.39, 0.29) is 0 Å². The molecule has 0 atom stereocenters. The Labute approximate surface area is 187 Å². The largest absolute Gasteiger partial charge is 0.490 e. The van der Waals surface area contributed by atoms with Crippen LogP contribution in [0.2, 0.25) is 10.0 Å². The number of benzene rings is 1. The van der Waals surface area contributed by atoms with Gasteiger partial charge < -0.3 is 9.26 Å². The van der Waals surface area contributed by atoms with Crippen LogP contribution in [0.1, 0.15) is 56.4 Å². The van der Waals surface area contributed by atoms with Gasteiger partial charge in [-0.2, -0.15) is 0 Å². The molecule has 0 bridgehead atoms. The SMILES string of the molecule is Cc1cc(CCCCCCCCCOc2c(Cl)cc(-c3cccs3)cc2Cl)on1. The molecule has 0 amide bonds. The number of ether oxygens (including phenoxy) is 1. The number of nitrogens with zero attached hydrogens (tertiary/aromatic N) is 1. The first-order valence-corrected chi connectivity index (χ1v) is 11.8. The molecule has 1 aromatic carbocycles. The predicted molar refractivity (Wildman–Crippen MR) is 123 cm³/mol. The number of halogens is 2. The minimum Gasteiger partial charge on any atom is -0.490 e. The second-order valence-electron chi connectivity index (χ2n) is 7.25. The van der Waals surface area contributed by atoms with Crippen LogP contribution >= 0.6 is 34.5 Å². The minimum atomic E-state index is 0.572. The van der Waals surface area contributed by atoms with Crippen LogP contribution in [0, 0.1) is 6.92 Å². The van der Waals surface area contributed by atoms with Crippen LogP contribution in [-0.2, 0) is 6.42 Å². The van der Waals surface area contributed by atoms with E-state index in [1.807, 2.05) is 36.6 Å². The number of aromatic nitrogens is 1. The van der Waals surface area contributed by atoms with E-state index >= 15 is 0 Å². The van der Waals surface area contributed by atoms with Gasteiger partial charge in [0.05, 0.1) is 22.3 Å². The van der Waals surface area contributed by atoms with Crippen LogP contribution in [0.3, 0.4) is 0 Å². The molecule has 0 aliphatic heterocycles. The van der Waals surface area contributed by atoms with Crippen molar-refractivity contribution in [2.75, 3.05) is 6.61 Å². The van der Waals surface area contributed by atoms with Crippen molar-refractivity contribution in [1.82, 2.24) is 5.16 Å². The van der Waals surface area contributed by atoms with Gasteiger partial charge in [-0.05, 0) is 48.9 Å². The maximum Gasteiger partial charge on any atom is 0.156 e. The molecule has 2 aromatic heterocycles. The van der Waals surface area contributed by atoms with E-state index in [4.69, 9.17) is 32.5 Å². The molecule has 0 radical (unpaired) electrons. The highest BCUT2D eigenvalue weighted by Gasteiger charge is 2.11. The highest BCUT2D eigenvalue weighted by atomic mass is 35.5. The summed E-state index contributed by atoms with van der Waals surface area (Å²) >= 11 is 14.5. The Morgan fingerprint density at radius 3 is 2.28 bits per heavy atom. The Morgan fingerprint density at radius 1 is 0.966 bits per heavy atom. The lowest BCUT2D eigenvalue weighted by molar-refractivity contribution is 0.304. The van der Waals surface area contributed by atoms with Gasteiger partial charge in [-0.1, -0.05) is 66.5 Å². The number of rotatable bonds is 12. The van der Waals surface area contributed by atoms with E-state index in [0.29, 0.717) is 22.4 Å². The number of hydrogen-bond acceptors (Lipinski definition) is 4. The number of hydrogen-bond donors (Lipinski definition) is 0. The van der Waals surface area contributed by atoms with Crippen molar-refractivity contribution in [3.8, 4) is 16.2 Å². The molecule has 3 nitrogen and oxygen atoms in total. The first kappa shape index (κ1) is 22.2. The van der Waals surface area contributed by atoms with E-state index in [9.17, 15) is 0 Å². The molecule has 3 aromatic rings. The molecule has 29 heavy (non-hydrogen) atoms. The summed E-state index contributed by atoms with van der Waals surface area (Å²) in [5.74, 6) is 1.59. The molecule has 156 valence electrons. The smallest absolute Gasteiger partial charge is 0.156 e. The Hall–Kier alpha value is -1.49. The van der Waals surface area contributed by atoms with Gasteiger partial charge in [0.1, 0.15) is 5.76 Å². The summed E-state index contributed by atoms with van der Waals surface area (Å²) in [6.45, 7) is 2.60. The zero-order valence-corrected chi connectivity index (χ0v) is 19.1. The molecule has 0 aliphatic rings. The first-order chi connectivity index (χ1) is 14.1. The van der Waals surface area contributed by atoms with Crippen molar-refractivity contribution in [2.45, 2.75) is 58.3 Å². The van der Waals surface area contributed by atoms with Gasteiger partial charge >= 0.3 is 0 Å². The van der Waals surface area contributed by atoms with Crippen molar-refractivity contribution in [1.29, 1.82) is 0 Å². The Morgan fingerprint density at radius 2 is 1.66 bits per heavy atom. The van der Waals surface area contributed by atoms with Gasteiger partial charge in [0.25, 0.3) is 0 Å². The molecule has 2 heterocycles. The quantitative estimate of drug-likeness (QED) is 0.259. The molecule has 0 saturated carbocycles. The molecule has 0 aliphatic carbocycles. The van der Waals surface area contributed by atoms with E-state index < -0.39 is 0 Å². The summed E-state index contributed by atoms with van der Waals surface area (Å²) in [5, 5.41) is 7.10. The summed E-state index contributed by atoms with van der Waals surface area (Å²) in [7, 11) is 0. The lowest BCUT2D eigenvalue weighted by Crippen LogP contribution is -1.99. The van der Waals surface area contributed by atoms with Crippen molar-refractivity contribution in [3.05, 3.63) is 57.2 Å². The van der Waals surface area contributed by atoms with Gasteiger partial charge in [-0.15, -0.1) is 11.3 Å². The highest BCUT2D eigenvalue weighted by molar-refractivity contribution is 7.13. The van der Waals surface area contributed by atoms with Gasteiger partial charge in [-0.25, -0.2) is 0 Å². The summed E-state index contributed by atoms with van der Waals surface area (Å²) < 4.78 is 11.1. The van der Waals surface area contributed by atoms with Gasteiger partial charge in [-0.3, -0.25) is 0 Å². The Balaban J connectivity index is 1.27. The van der Waals surface area contributed by atoms with Crippen LogP contribution in [0.4, 0.5) is 0 Å². The van der Waals surface area contributed by atoms with Crippen LogP contribution in [0.25, 0.3) is 10.4 Å². The molecule has 6 heteroatoms. The van der Waals surface area contributed by atoms with Crippen molar-refractivity contribution in [2.24, 2.45) is 0 Å². The first-order valence-electron chi connectivity index (χ1n) is 10.2. The van der Waals surface area contributed by atoms with Gasteiger partial charge in [0, 0.05) is 17.4 Å². The standard InChI is InChI=1S/C23H27Cl2NO2S/c1-17-14-19(28-26-17)10-7-5-3-2-4-6-8-12-27-23-20(24)15-18(16-21(23)25)22-11-9-13-29-22/h9,11,13-16H,2-8,10,12H2,1H3. The average Bonchev–Trinajstić information content (AvgIpc) is 3.37. The topological polar surface area (TPSA) is 35.3 Å². The zero-order valence-electron chi connectivity index (χ0n) is 16.8. The lowest BCUT2D eigenvalue weighted by Gasteiger charge is -2.11. The maximum absolute atomic E-state index is 6.39. The molecule has 0 fully saturated rings. The Kier molecular flexibility index (Phi) is 8.91. The minimum absolute atomic E-state index is 0.572. The number of aryl methyl sites for hydroxylation is 2. The second-order valence-corrected chi connectivity index (χ2v) is 9.02. The predicted octanol–water partition coefficient (Wildman–Crippen LogP) is 8.37. The molecule has 0 N–H and O–H groups in total. The highest BCUT2D eigenvalue weighted by Crippen LogP contribution is 2.38. The van der Waals surface area contributed by atoms with Crippen LogP contribution in [-0.4, -0.2) is 11.8 Å². The van der Waals surface area contributed by atoms with Crippen molar-refractivity contribution < 1.29 is 9.26 Å². The second kappa shape index (κ2) is 11.6. The van der Waals surface area contributed by atoms with E-state index in [0.717, 1.165) is 47.6 Å². The average molecular weight is 452 g/mol. The summed E-state index contributed by atoms with van der Waals surface area (Å²) in [4.78, 5) is 1.15. The normalized spacial score (nSPS) is 11.1. The monoisotopic (exact) mass is 451 g/mol. The fraction of sp³-hybridized carbons (Fsp3) is 0.435. The summed E-state index contributed by atoms with van der Waals surface area (Å²) in [6.07, 6.45) is 9.29. The number of unbranched alkanes of at least 4 members (excludes halogenated alkanes) is 6. The fourth-order valence-electron chi connectivity index (χ4n) is 3.28. The lowest BCUT2D eigenvalue weighted by atomic mass is 10.1. The summed E-state index contributed by atoms with van der Waals surface area (Å²) in [6, 6.07) is 9.95. The Bertz CT molecular complexity index is 854. The molecule has 3 rings (SSSR count). The molecular weight excluding hydrogens is 425 g/mol. The van der Waals surface area contributed by atoms with Crippen LogP contribution in [0.5, 0.6) is 5.75 Å². The molecule has 0 unspecified atom stereocenters. The summed E-state index contributed by atoms with van der Waals surface area (Å²) in [5.41, 5.74) is 1.99. The third-order valence-corrected chi connectivity index (χ3v) is 6.28. The third-order valence-electron chi connectivity index (χ3n) is 4.79. The fourth-order valence-corrected chi connectivity index (χ4v) is 4.59. The molecule has 0 saturated heterocycles. The van der Waals surface area contributed by atoms with E-state index in [2.05, 4.69) is 11.2 Å². The molecular formula is C23H27Cl2NO2S. The maximum atomic E-state index is 6.39. The van der Waals surface area contributed by atoms with Gasteiger partial charge in [0.2, 0.25) is 0 Å². The van der Waals surface area contributed by atoms with E-state index in [1.165, 1.54) is 25.7 Å². The van der Waals surface area contributed by atoms with Crippen molar-refractivity contribution in [3.63, 3.8) is 0 Å². The van der Waals surface area contributed by atoms with Crippen LogP contribution in [0.15, 0.2) is 40.2 Å². The number of thiophene rings is 1. The third kappa shape index (κ3) is 7.06. The van der Waals surface area contributed by atoms with E-state index in [1.54, 1.807) is 11.3 Å². The van der Waals surface area contributed by atoms with Gasteiger partial charge in [0.15, 0.2) is 5.75 Å². The van der Waals surface area contributed by atoms with Crippen LogP contribution < -0.4 is 4.74 Å². The van der Waals surface area contributed by atoms with Crippen molar-refractivity contribution >= 4 is 34.5 Å².